The summed E-state index contributed by atoms with van der Waals surface area (Å²) < 4.78 is 31.8. The fourth-order valence-corrected chi connectivity index (χ4v) is 2.30. The molecule has 116 valence electrons. The average molecular weight is 306 g/mol. The molecule has 3 nitrogen and oxygen atoms in total. The molecule has 5 heteroatoms. The maximum absolute atomic E-state index is 13.5. The summed E-state index contributed by atoms with van der Waals surface area (Å²) in [5.41, 5.74) is 1.01. The molecule has 0 aromatic heterocycles. The molecule has 0 amide bonds. The fraction of sp³-hybridized carbons (Fsp3) is 0.235. The van der Waals surface area contributed by atoms with Crippen LogP contribution in [0.25, 0.3) is 0 Å². The van der Waals surface area contributed by atoms with Gasteiger partial charge in [0.05, 0.1) is 13.0 Å². The Morgan fingerprint density at radius 3 is 2.23 bits per heavy atom. The van der Waals surface area contributed by atoms with Crippen molar-refractivity contribution < 1.29 is 23.4 Å². The minimum Gasteiger partial charge on any atom is -0.508 e. The molecule has 0 aliphatic heterocycles. The van der Waals surface area contributed by atoms with Gasteiger partial charge in [0.2, 0.25) is 0 Å². The van der Waals surface area contributed by atoms with Gasteiger partial charge < -0.3 is 9.84 Å². The van der Waals surface area contributed by atoms with Crippen LogP contribution in [-0.2, 0) is 9.53 Å². The Morgan fingerprint density at radius 2 is 1.68 bits per heavy atom. The van der Waals surface area contributed by atoms with Crippen LogP contribution in [0.15, 0.2) is 42.5 Å². The Kier molecular flexibility index (Phi) is 5.09. The van der Waals surface area contributed by atoms with Crippen LogP contribution in [-0.4, -0.2) is 17.7 Å². The monoisotopic (exact) mass is 306 g/mol. The van der Waals surface area contributed by atoms with Crippen molar-refractivity contribution in [3.05, 3.63) is 65.2 Å². The highest BCUT2D eigenvalue weighted by atomic mass is 19.1. The SMILES string of the molecule is CCOC(=O)CC(c1ccc(O)cc1)c1cc(F)cc(F)c1. The lowest BCUT2D eigenvalue weighted by Crippen LogP contribution is -2.12. The number of phenols is 1. The topological polar surface area (TPSA) is 46.5 Å². The molecule has 0 heterocycles. The van der Waals surface area contributed by atoms with E-state index in [1.165, 1.54) is 24.3 Å². The van der Waals surface area contributed by atoms with Crippen molar-refractivity contribution in [1.29, 1.82) is 0 Å². The number of carbonyl (C=O) groups excluding carboxylic acids is 1. The number of rotatable bonds is 5. The van der Waals surface area contributed by atoms with Gasteiger partial charge >= 0.3 is 5.97 Å². The van der Waals surface area contributed by atoms with Crippen molar-refractivity contribution in [3.8, 4) is 5.75 Å². The highest BCUT2D eigenvalue weighted by molar-refractivity contribution is 5.71. The highest BCUT2D eigenvalue weighted by Crippen LogP contribution is 2.30. The Morgan fingerprint density at radius 1 is 1.09 bits per heavy atom. The number of esters is 1. The van der Waals surface area contributed by atoms with E-state index in [-0.39, 0.29) is 18.8 Å². The summed E-state index contributed by atoms with van der Waals surface area (Å²) >= 11 is 0. The molecule has 22 heavy (non-hydrogen) atoms. The van der Waals surface area contributed by atoms with Crippen LogP contribution in [0.3, 0.4) is 0 Å². The first-order chi connectivity index (χ1) is 10.5. The molecule has 2 aromatic rings. The number of aromatic hydroxyl groups is 1. The lowest BCUT2D eigenvalue weighted by Gasteiger charge is -2.17. The predicted octanol–water partition coefficient (Wildman–Crippen LogP) is 3.76. The number of benzene rings is 2. The zero-order valence-corrected chi connectivity index (χ0v) is 12.1. The summed E-state index contributed by atoms with van der Waals surface area (Å²) in [6.45, 7) is 1.92. The van der Waals surface area contributed by atoms with Gasteiger partial charge in [-0.15, -0.1) is 0 Å². The summed E-state index contributed by atoms with van der Waals surface area (Å²) in [6, 6.07) is 9.32. The fourth-order valence-electron chi connectivity index (χ4n) is 2.30. The molecule has 2 rings (SSSR count). The largest absolute Gasteiger partial charge is 0.508 e. The summed E-state index contributed by atoms with van der Waals surface area (Å²) in [6.07, 6.45) is -0.0402. The Balaban J connectivity index is 2.40. The molecule has 0 fully saturated rings. The second-order valence-corrected chi connectivity index (χ2v) is 4.86. The molecule has 0 radical (unpaired) electrons. The van der Waals surface area contributed by atoms with Gasteiger partial charge in [-0.3, -0.25) is 4.79 Å². The van der Waals surface area contributed by atoms with Gasteiger partial charge in [-0.2, -0.15) is 0 Å². The predicted molar refractivity (Wildman–Crippen MR) is 77.6 cm³/mol. The quantitative estimate of drug-likeness (QED) is 0.856. The minimum atomic E-state index is -0.706. The lowest BCUT2D eigenvalue weighted by molar-refractivity contribution is -0.143. The average Bonchev–Trinajstić information content (AvgIpc) is 2.45. The van der Waals surface area contributed by atoms with E-state index in [0.29, 0.717) is 11.1 Å². The first-order valence-corrected chi connectivity index (χ1v) is 6.90. The van der Waals surface area contributed by atoms with Crippen molar-refractivity contribution in [2.45, 2.75) is 19.3 Å². The molecule has 1 unspecified atom stereocenters. The van der Waals surface area contributed by atoms with Gasteiger partial charge in [-0.25, -0.2) is 8.78 Å². The third-order valence-corrected chi connectivity index (χ3v) is 3.26. The van der Waals surface area contributed by atoms with Gasteiger partial charge in [0.15, 0.2) is 0 Å². The molecular formula is C17H16F2O3. The molecule has 0 aliphatic rings. The van der Waals surface area contributed by atoms with Crippen LogP contribution < -0.4 is 0 Å². The van der Waals surface area contributed by atoms with Gasteiger partial charge in [0.1, 0.15) is 17.4 Å². The van der Waals surface area contributed by atoms with E-state index < -0.39 is 23.5 Å². The van der Waals surface area contributed by atoms with E-state index >= 15 is 0 Å². The second-order valence-electron chi connectivity index (χ2n) is 4.86. The van der Waals surface area contributed by atoms with Crippen LogP contribution in [0.5, 0.6) is 5.75 Å². The van der Waals surface area contributed by atoms with Crippen molar-refractivity contribution in [1.82, 2.24) is 0 Å². The normalized spacial score (nSPS) is 12.0. The van der Waals surface area contributed by atoms with Crippen molar-refractivity contribution in [2.24, 2.45) is 0 Å². The van der Waals surface area contributed by atoms with E-state index in [2.05, 4.69) is 0 Å². The van der Waals surface area contributed by atoms with E-state index in [0.717, 1.165) is 6.07 Å². The minimum absolute atomic E-state index is 0.0402. The van der Waals surface area contributed by atoms with Crippen molar-refractivity contribution >= 4 is 5.97 Å². The standard InChI is InChI=1S/C17H16F2O3/c1-2-22-17(21)10-16(11-3-5-15(20)6-4-11)12-7-13(18)9-14(19)8-12/h3-9,16,20H,2,10H2,1H3. The molecule has 1 atom stereocenters. The molecular weight excluding hydrogens is 290 g/mol. The molecule has 0 saturated heterocycles. The van der Waals surface area contributed by atoms with E-state index in [9.17, 15) is 18.7 Å². The van der Waals surface area contributed by atoms with Crippen LogP contribution in [0.2, 0.25) is 0 Å². The van der Waals surface area contributed by atoms with Gasteiger partial charge in [0.25, 0.3) is 0 Å². The van der Waals surface area contributed by atoms with E-state index in [1.807, 2.05) is 0 Å². The second kappa shape index (κ2) is 7.02. The molecule has 0 aliphatic carbocycles. The molecule has 0 saturated carbocycles. The maximum Gasteiger partial charge on any atom is 0.306 e. The van der Waals surface area contributed by atoms with Gasteiger partial charge in [0, 0.05) is 12.0 Å². The molecule has 2 aromatic carbocycles. The van der Waals surface area contributed by atoms with Crippen LogP contribution in [0, 0.1) is 11.6 Å². The number of carbonyl (C=O) groups is 1. The maximum atomic E-state index is 13.5. The summed E-state index contributed by atoms with van der Waals surface area (Å²) in [7, 11) is 0. The third-order valence-electron chi connectivity index (χ3n) is 3.26. The lowest BCUT2D eigenvalue weighted by atomic mass is 9.88. The molecule has 0 bridgehead atoms. The third kappa shape index (κ3) is 4.04. The van der Waals surface area contributed by atoms with Gasteiger partial charge in [-0.05, 0) is 42.3 Å². The first kappa shape index (κ1) is 15.9. The zero-order chi connectivity index (χ0) is 16.1. The van der Waals surface area contributed by atoms with Crippen molar-refractivity contribution in [2.75, 3.05) is 6.61 Å². The number of hydrogen-bond acceptors (Lipinski definition) is 3. The van der Waals surface area contributed by atoms with Crippen LogP contribution in [0.1, 0.15) is 30.4 Å². The summed E-state index contributed by atoms with van der Waals surface area (Å²) in [5, 5.41) is 9.35. The molecule has 1 N–H and O–H groups in total. The Bertz CT molecular complexity index is 633. The number of phenolic OH excluding ortho intramolecular Hbond substituents is 1. The van der Waals surface area contributed by atoms with Crippen molar-refractivity contribution in [3.63, 3.8) is 0 Å². The van der Waals surface area contributed by atoms with Crippen LogP contribution in [0.4, 0.5) is 8.78 Å². The first-order valence-electron chi connectivity index (χ1n) is 6.90. The Hall–Kier alpha value is -2.43. The summed E-state index contributed by atoms with van der Waals surface area (Å²) in [4.78, 5) is 11.8. The summed E-state index contributed by atoms with van der Waals surface area (Å²) in [5.74, 6) is -2.34. The van der Waals surface area contributed by atoms with E-state index in [4.69, 9.17) is 4.74 Å². The number of ether oxygens (including phenoxy) is 1. The number of halogens is 2. The van der Waals surface area contributed by atoms with Crippen LogP contribution >= 0.6 is 0 Å². The smallest absolute Gasteiger partial charge is 0.306 e. The highest BCUT2D eigenvalue weighted by Gasteiger charge is 2.20. The Labute approximate surface area is 127 Å². The zero-order valence-electron chi connectivity index (χ0n) is 12.1. The molecule has 0 spiro atoms. The van der Waals surface area contributed by atoms with E-state index in [1.54, 1.807) is 19.1 Å². The number of hydrogen-bond donors (Lipinski definition) is 1. The van der Waals surface area contributed by atoms with Gasteiger partial charge in [-0.1, -0.05) is 12.1 Å².